The van der Waals surface area contributed by atoms with Crippen LogP contribution in [0, 0.1) is 20.8 Å². The van der Waals surface area contributed by atoms with E-state index in [0.717, 1.165) is 29.8 Å². The van der Waals surface area contributed by atoms with Crippen LogP contribution in [0.15, 0.2) is 12.1 Å². The van der Waals surface area contributed by atoms with E-state index in [-0.39, 0.29) is 5.78 Å². The molecule has 1 aliphatic rings. The molecule has 3 heteroatoms. The number of hydrogen-bond donors (Lipinski definition) is 0. The van der Waals surface area contributed by atoms with Crippen LogP contribution in [0.3, 0.4) is 0 Å². The molecule has 1 fully saturated rings. The predicted octanol–water partition coefficient (Wildman–Crippen LogP) is 3.17. The van der Waals surface area contributed by atoms with Crippen molar-refractivity contribution in [2.45, 2.75) is 40.3 Å². The Bertz CT molecular complexity index is 678. The van der Waals surface area contributed by atoms with Crippen molar-refractivity contribution in [3.63, 3.8) is 0 Å². The summed E-state index contributed by atoms with van der Waals surface area (Å²) in [4.78, 5) is 11.9. The number of epoxide rings is 1. The number of hydrogen-bond acceptors (Lipinski definition) is 2. The van der Waals surface area contributed by atoms with E-state index >= 15 is 0 Å². The second kappa shape index (κ2) is 4.20. The maximum absolute atomic E-state index is 11.9. The van der Waals surface area contributed by atoms with Gasteiger partial charge in [-0.15, -0.1) is 0 Å². The Kier molecular flexibility index (Phi) is 2.75. The molecule has 0 aliphatic carbocycles. The highest BCUT2D eigenvalue weighted by Gasteiger charge is 2.26. The molecule has 1 aliphatic heterocycles. The molecule has 3 rings (SSSR count). The number of Topliss-reactive ketones (excluding diaryl/α,β-unsaturated/α-hetero) is 1. The van der Waals surface area contributed by atoms with Crippen LogP contribution in [0.4, 0.5) is 0 Å². The van der Waals surface area contributed by atoms with Gasteiger partial charge in [0, 0.05) is 16.6 Å². The highest BCUT2D eigenvalue weighted by molar-refractivity contribution is 6.07. The summed E-state index contributed by atoms with van der Waals surface area (Å²) in [6.45, 7) is 9.62. The summed E-state index contributed by atoms with van der Waals surface area (Å²) < 4.78 is 7.59. The first-order chi connectivity index (χ1) is 8.99. The first-order valence-electron chi connectivity index (χ1n) is 6.71. The number of nitrogens with zero attached hydrogens (tertiary/aromatic N) is 1. The van der Waals surface area contributed by atoms with Gasteiger partial charge in [-0.3, -0.25) is 4.79 Å². The minimum atomic E-state index is 0.129. The van der Waals surface area contributed by atoms with Crippen LogP contribution < -0.4 is 0 Å². The normalized spacial score (nSPS) is 18.0. The number of rotatable bonds is 3. The Hall–Kier alpha value is -1.61. The van der Waals surface area contributed by atoms with Crippen molar-refractivity contribution >= 4 is 16.7 Å². The third-order valence-corrected chi connectivity index (χ3v) is 4.04. The van der Waals surface area contributed by atoms with Gasteiger partial charge in [0.2, 0.25) is 0 Å². The van der Waals surface area contributed by atoms with Crippen LogP contribution in [0.2, 0.25) is 0 Å². The van der Waals surface area contributed by atoms with Crippen LogP contribution in [-0.2, 0) is 11.3 Å². The lowest BCUT2D eigenvalue weighted by Gasteiger charge is -2.09. The predicted molar refractivity (Wildman–Crippen MR) is 75.9 cm³/mol. The summed E-state index contributed by atoms with van der Waals surface area (Å²) in [6, 6.07) is 4.17. The van der Waals surface area contributed by atoms with Crippen molar-refractivity contribution < 1.29 is 9.53 Å². The van der Waals surface area contributed by atoms with E-state index in [1.807, 2.05) is 13.0 Å². The molecular formula is C16H19NO2. The molecule has 1 saturated heterocycles. The Morgan fingerprint density at radius 1 is 1.37 bits per heavy atom. The van der Waals surface area contributed by atoms with E-state index in [4.69, 9.17) is 4.74 Å². The van der Waals surface area contributed by atoms with E-state index in [1.165, 1.54) is 16.6 Å². The molecule has 0 radical (unpaired) electrons. The third-order valence-electron chi connectivity index (χ3n) is 4.04. The summed E-state index contributed by atoms with van der Waals surface area (Å²) in [5.41, 5.74) is 5.54. The zero-order valence-electron chi connectivity index (χ0n) is 11.9. The van der Waals surface area contributed by atoms with E-state index in [9.17, 15) is 4.79 Å². The second-order valence-electron chi connectivity index (χ2n) is 5.54. The van der Waals surface area contributed by atoms with E-state index in [0.29, 0.717) is 6.10 Å². The van der Waals surface area contributed by atoms with Gasteiger partial charge in [0.1, 0.15) is 0 Å². The molecule has 1 unspecified atom stereocenters. The lowest BCUT2D eigenvalue weighted by atomic mass is 10.0. The fourth-order valence-electron chi connectivity index (χ4n) is 2.79. The van der Waals surface area contributed by atoms with Crippen molar-refractivity contribution in [3.8, 4) is 0 Å². The Morgan fingerprint density at radius 3 is 2.63 bits per heavy atom. The smallest absolute Gasteiger partial charge is 0.161 e. The summed E-state index contributed by atoms with van der Waals surface area (Å²) in [5.74, 6) is 0.129. The van der Waals surface area contributed by atoms with Crippen LogP contribution in [-0.4, -0.2) is 23.1 Å². The van der Waals surface area contributed by atoms with Crippen molar-refractivity contribution in [2.24, 2.45) is 0 Å². The average Bonchev–Trinajstić information content (AvgIpc) is 3.13. The van der Waals surface area contributed by atoms with E-state index in [2.05, 4.69) is 24.5 Å². The number of benzene rings is 1. The standard InChI is InChI=1S/C16H19NO2/c1-9-5-14-10(2)11(3)17(7-13-8-19-13)16(14)15(6-9)12(4)18/h5-6,13H,7-8H2,1-4H3. The molecule has 1 aromatic carbocycles. The van der Waals surface area contributed by atoms with Gasteiger partial charge in [-0.25, -0.2) is 0 Å². The Morgan fingerprint density at radius 2 is 2.05 bits per heavy atom. The summed E-state index contributed by atoms with van der Waals surface area (Å²) in [5, 5.41) is 1.20. The number of fused-ring (bicyclic) bond motifs is 1. The van der Waals surface area contributed by atoms with Crippen LogP contribution in [0.25, 0.3) is 10.9 Å². The number of carbonyl (C=O) groups is 1. The minimum absolute atomic E-state index is 0.129. The first kappa shape index (κ1) is 12.4. The fourth-order valence-corrected chi connectivity index (χ4v) is 2.79. The summed E-state index contributed by atoms with van der Waals surface area (Å²) in [7, 11) is 0. The number of aromatic nitrogens is 1. The van der Waals surface area contributed by atoms with Gasteiger partial charge in [0.25, 0.3) is 0 Å². The largest absolute Gasteiger partial charge is 0.371 e. The molecule has 0 amide bonds. The molecule has 100 valence electrons. The molecule has 1 atom stereocenters. The summed E-state index contributed by atoms with van der Waals surface area (Å²) >= 11 is 0. The molecule has 3 nitrogen and oxygen atoms in total. The highest BCUT2D eigenvalue weighted by Crippen LogP contribution is 2.31. The maximum Gasteiger partial charge on any atom is 0.161 e. The van der Waals surface area contributed by atoms with Gasteiger partial charge < -0.3 is 9.30 Å². The molecular weight excluding hydrogens is 238 g/mol. The van der Waals surface area contributed by atoms with Gasteiger partial charge in [-0.05, 0) is 51.0 Å². The van der Waals surface area contributed by atoms with Crippen molar-refractivity contribution in [3.05, 3.63) is 34.5 Å². The lowest BCUT2D eigenvalue weighted by molar-refractivity contribution is 0.101. The Labute approximate surface area is 113 Å². The second-order valence-corrected chi connectivity index (χ2v) is 5.54. The van der Waals surface area contributed by atoms with Gasteiger partial charge in [-0.1, -0.05) is 0 Å². The van der Waals surface area contributed by atoms with Crippen molar-refractivity contribution in [2.75, 3.05) is 6.61 Å². The molecule has 0 spiro atoms. The molecule has 1 aromatic heterocycles. The van der Waals surface area contributed by atoms with Crippen molar-refractivity contribution in [1.29, 1.82) is 0 Å². The lowest BCUT2D eigenvalue weighted by Crippen LogP contribution is -2.08. The molecule has 19 heavy (non-hydrogen) atoms. The minimum Gasteiger partial charge on any atom is -0.371 e. The van der Waals surface area contributed by atoms with Gasteiger partial charge >= 0.3 is 0 Å². The highest BCUT2D eigenvalue weighted by atomic mass is 16.6. The molecule has 0 N–H and O–H groups in total. The fraction of sp³-hybridized carbons (Fsp3) is 0.438. The number of ether oxygens (including phenoxy) is 1. The monoisotopic (exact) mass is 257 g/mol. The van der Waals surface area contributed by atoms with Gasteiger partial charge in [0.15, 0.2) is 5.78 Å². The first-order valence-corrected chi connectivity index (χ1v) is 6.71. The zero-order chi connectivity index (χ0) is 13.7. The van der Waals surface area contributed by atoms with Crippen molar-refractivity contribution in [1.82, 2.24) is 4.57 Å². The molecule has 0 bridgehead atoms. The van der Waals surface area contributed by atoms with Gasteiger partial charge in [0.05, 0.1) is 24.8 Å². The van der Waals surface area contributed by atoms with Crippen LogP contribution in [0.1, 0.15) is 34.1 Å². The number of ketones is 1. The van der Waals surface area contributed by atoms with E-state index < -0.39 is 0 Å². The molecule has 0 saturated carbocycles. The number of carbonyl (C=O) groups excluding carboxylic acids is 1. The SMILES string of the molecule is CC(=O)c1cc(C)cc2c(C)c(C)n(CC3CO3)c12. The molecule has 2 heterocycles. The zero-order valence-corrected chi connectivity index (χ0v) is 11.9. The van der Waals surface area contributed by atoms with Crippen LogP contribution >= 0.6 is 0 Å². The quantitative estimate of drug-likeness (QED) is 0.625. The van der Waals surface area contributed by atoms with E-state index in [1.54, 1.807) is 6.92 Å². The number of aryl methyl sites for hydroxylation is 2. The maximum atomic E-state index is 11.9. The molecule has 2 aromatic rings. The van der Waals surface area contributed by atoms with Crippen LogP contribution in [0.5, 0.6) is 0 Å². The third kappa shape index (κ3) is 1.98. The topological polar surface area (TPSA) is 34.5 Å². The van der Waals surface area contributed by atoms with Gasteiger partial charge in [-0.2, -0.15) is 0 Å². The average molecular weight is 257 g/mol. The summed E-state index contributed by atoms with van der Waals surface area (Å²) in [6.07, 6.45) is 0.315. The Balaban J connectivity index is 2.33.